The molecule has 2 rings (SSSR count). The van der Waals surface area contributed by atoms with Crippen molar-refractivity contribution >= 4 is 0 Å². The molecular weight excluding hydrogens is 243 g/mol. The van der Waals surface area contributed by atoms with E-state index in [0.717, 1.165) is 18.4 Å². The predicted molar refractivity (Wildman–Crippen MR) is 62.0 cm³/mol. The fourth-order valence-electron chi connectivity index (χ4n) is 2.48. The first kappa shape index (κ1) is 13.2. The first-order valence-corrected chi connectivity index (χ1v) is 6.07. The van der Waals surface area contributed by atoms with Crippen LogP contribution in [0.4, 0.5) is 13.2 Å². The SMILES string of the molecule is NC(c1ccc(OC(F)(F)F)cc1)C1CCCC1. The second kappa shape index (κ2) is 5.18. The molecule has 1 atom stereocenters. The molecule has 0 saturated heterocycles. The highest BCUT2D eigenvalue weighted by atomic mass is 19.4. The third-order valence-electron chi connectivity index (χ3n) is 3.41. The zero-order valence-corrected chi connectivity index (χ0v) is 9.91. The van der Waals surface area contributed by atoms with Crippen LogP contribution in [-0.4, -0.2) is 6.36 Å². The molecule has 18 heavy (non-hydrogen) atoms. The van der Waals surface area contributed by atoms with Crippen molar-refractivity contribution in [2.45, 2.75) is 38.1 Å². The number of rotatable bonds is 3. The standard InChI is InChI=1S/C13H16F3NO/c14-13(15,16)18-11-7-5-10(6-8-11)12(17)9-3-1-2-4-9/h5-9,12H,1-4,17H2. The van der Waals surface area contributed by atoms with E-state index in [1.54, 1.807) is 12.1 Å². The van der Waals surface area contributed by atoms with E-state index in [4.69, 9.17) is 5.73 Å². The Kier molecular flexibility index (Phi) is 3.80. The molecule has 0 bridgehead atoms. The van der Waals surface area contributed by atoms with Gasteiger partial charge in [-0.15, -0.1) is 13.2 Å². The van der Waals surface area contributed by atoms with E-state index in [1.807, 2.05) is 0 Å². The van der Waals surface area contributed by atoms with Gasteiger partial charge < -0.3 is 10.5 Å². The Morgan fingerprint density at radius 2 is 1.67 bits per heavy atom. The summed E-state index contributed by atoms with van der Waals surface area (Å²) in [6, 6.07) is 5.77. The summed E-state index contributed by atoms with van der Waals surface area (Å²) in [5, 5.41) is 0. The molecule has 1 aromatic carbocycles. The van der Waals surface area contributed by atoms with Crippen molar-refractivity contribution in [3.05, 3.63) is 29.8 Å². The predicted octanol–water partition coefficient (Wildman–Crippen LogP) is 3.78. The Bertz CT molecular complexity index is 382. The summed E-state index contributed by atoms with van der Waals surface area (Å²) in [4.78, 5) is 0. The minimum absolute atomic E-state index is 0.0903. The maximum absolute atomic E-state index is 12.0. The lowest BCUT2D eigenvalue weighted by Gasteiger charge is -2.19. The minimum atomic E-state index is -4.64. The maximum atomic E-state index is 12.0. The van der Waals surface area contributed by atoms with Crippen LogP contribution >= 0.6 is 0 Å². The summed E-state index contributed by atoms with van der Waals surface area (Å²) < 4.78 is 39.8. The van der Waals surface area contributed by atoms with Gasteiger partial charge in [0.1, 0.15) is 5.75 Å². The van der Waals surface area contributed by atoms with Crippen LogP contribution < -0.4 is 10.5 Å². The summed E-state index contributed by atoms with van der Waals surface area (Å²) in [7, 11) is 0. The first-order valence-electron chi connectivity index (χ1n) is 6.07. The van der Waals surface area contributed by atoms with Gasteiger partial charge in [0.25, 0.3) is 0 Å². The lowest BCUT2D eigenvalue weighted by atomic mass is 9.92. The van der Waals surface area contributed by atoms with Crippen LogP contribution in [0.1, 0.15) is 37.3 Å². The number of ether oxygens (including phenoxy) is 1. The molecule has 1 unspecified atom stereocenters. The lowest BCUT2D eigenvalue weighted by Crippen LogP contribution is -2.19. The van der Waals surface area contributed by atoms with E-state index in [1.165, 1.54) is 25.0 Å². The molecule has 1 saturated carbocycles. The van der Waals surface area contributed by atoms with Crippen molar-refractivity contribution in [3.63, 3.8) is 0 Å². The van der Waals surface area contributed by atoms with E-state index < -0.39 is 6.36 Å². The lowest BCUT2D eigenvalue weighted by molar-refractivity contribution is -0.274. The van der Waals surface area contributed by atoms with Crippen molar-refractivity contribution in [2.75, 3.05) is 0 Å². The fourth-order valence-corrected chi connectivity index (χ4v) is 2.48. The molecule has 0 radical (unpaired) electrons. The molecular formula is C13H16F3NO. The first-order chi connectivity index (χ1) is 8.46. The van der Waals surface area contributed by atoms with Gasteiger partial charge in [0, 0.05) is 6.04 Å². The average Bonchev–Trinajstić information content (AvgIpc) is 2.80. The van der Waals surface area contributed by atoms with E-state index >= 15 is 0 Å². The van der Waals surface area contributed by atoms with Gasteiger partial charge in [-0.2, -0.15) is 0 Å². The molecule has 1 aliphatic carbocycles. The molecule has 1 aliphatic rings. The fraction of sp³-hybridized carbons (Fsp3) is 0.538. The summed E-state index contributed by atoms with van der Waals surface area (Å²) in [6.45, 7) is 0. The second-order valence-corrected chi connectivity index (χ2v) is 4.69. The van der Waals surface area contributed by atoms with Crippen LogP contribution in [0.3, 0.4) is 0 Å². The van der Waals surface area contributed by atoms with Crippen LogP contribution in [-0.2, 0) is 0 Å². The van der Waals surface area contributed by atoms with Gasteiger partial charge in [-0.1, -0.05) is 25.0 Å². The van der Waals surface area contributed by atoms with E-state index in [2.05, 4.69) is 4.74 Å². The van der Waals surface area contributed by atoms with Gasteiger partial charge in [0.15, 0.2) is 0 Å². The molecule has 0 spiro atoms. The zero-order chi connectivity index (χ0) is 13.2. The van der Waals surface area contributed by atoms with E-state index in [9.17, 15) is 13.2 Å². The van der Waals surface area contributed by atoms with Crippen molar-refractivity contribution in [1.82, 2.24) is 0 Å². The molecule has 0 amide bonds. The van der Waals surface area contributed by atoms with Crippen molar-refractivity contribution in [1.29, 1.82) is 0 Å². The largest absolute Gasteiger partial charge is 0.573 e. The molecule has 100 valence electrons. The van der Waals surface area contributed by atoms with Crippen LogP contribution in [0.25, 0.3) is 0 Å². The Balaban J connectivity index is 2.02. The van der Waals surface area contributed by atoms with Gasteiger partial charge in [0.2, 0.25) is 0 Å². The number of alkyl halides is 3. The number of halogens is 3. The summed E-state index contributed by atoms with van der Waals surface area (Å²) >= 11 is 0. The molecule has 0 aliphatic heterocycles. The Morgan fingerprint density at radius 3 is 2.17 bits per heavy atom. The quantitative estimate of drug-likeness (QED) is 0.896. The van der Waals surface area contributed by atoms with Crippen molar-refractivity contribution in [2.24, 2.45) is 11.7 Å². The molecule has 0 aromatic heterocycles. The second-order valence-electron chi connectivity index (χ2n) is 4.69. The highest BCUT2D eigenvalue weighted by molar-refractivity contribution is 5.29. The third kappa shape index (κ3) is 3.38. The third-order valence-corrected chi connectivity index (χ3v) is 3.41. The monoisotopic (exact) mass is 259 g/mol. The van der Waals surface area contributed by atoms with Gasteiger partial charge in [-0.05, 0) is 36.5 Å². The summed E-state index contributed by atoms with van der Waals surface area (Å²) in [5.74, 6) is 0.240. The number of hydrogen-bond acceptors (Lipinski definition) is 2. The summed E-state index contributed by atoms with van der Waals surface area (Å²) in [6.07, 6.45) is -0.0692. The zero-order valence-electron chi connectivity index (χ0n) is 9.91. The van der Waals surface area contributed by atoms with Crippen LogP contribution in [0, 0.1) is 5.92 Å². The Morgan fingerprint density at radius 1 is 1.11 bits per heavy atom. The Labute approximate surface area is 104 Å². The smallest absolute Gasteiger partial charge is 0.406 e. The molecule has 2 N–H and O–H groups in total. The molecule has 1 fully saturated rings. The van der Waals surface area contributed by atoms with Crippen molar-refractivity contribution < 1.29 is 17.9 Å². The maximum Gasteiger partial charge on any atom is 0.573 e. The molecule has 1 aromatic rings. The Hall–Kier alpha value is -1.23. The molecule has 2 nitrogen and oxygen atoms in total. The number of benzene rings is 1. The normalized spacial score (nSPS) is 18.9. The number of nitrogens with two attached hydrogens (primary N) is 1. The number of hydrogen-bond donors (Lipinski definition) is 1. The van der Waals surface area contributed by atoms with Gasteiger partial charge in [0.05, 0.1) is 0 Å². The van der Waals surface area contributed by atoms with E-state index in [-0.39, 0.29) is 11.8 Å². The highest BCUT2D eigenvalue weighted by Crippen LogP contribution is 2.34. The average molecular weight is 259 g/mol. The van der Waals surface area contributed by atoms with Gasteiger partial charge in [-0.3, -0.25) is 0 Å². The van der Waals surface area contributed by atoms with Crippen LogP contribution in [0.15, 0.2) is 24.3 Å². The highest BCUT2D eigenvalue weighted by Gasteiger charge is 2.31. The van der Waals surface area contributed by atoms with E-state index in [0.29, 0.717) is 5.92 Å². The molecule has 5 heteroatoms. The van der Waals surface area contributed by atoms with Crippen LogP contribution in [0.5, 0.6) is 5.75 Å². The summed E-state index contributed by atoms with van der Waals surface area (Å²) in [5.41, 5.74) is 6.99. The van der Waals surface area contributed by atoms with Crippen LogP contribution in [0.2, 0.25) is 0 Å². The molecule has 0 heterocycles. The van der Waals surface area contributed by atoms with Gasteiger partial charge in [-0.25, -0.2) is 0 Å². The van der Waals surface area contributed by atoms with Crippen molar-refractivity contribution in [3.8, 4) is 5.75 Å². The topological polar surface area (TPSA) is 35.2 Å². The minimum Gasteiger partial charge on any atom is -0.406 e. The van der Waals surface area contributed by atoms with Gasteiger partial charge >= 0.3 is 6.36 Å².